The Morgan fingerprint density at radius 2 is 2.08 bits per heavy atom. The van der Waals surface area contributed by atoms with Crippen LogP contribution >= 0.6 is 11.6 Å². The molecule has 0 radical (unpaired) electrons. The maximum Gasteiger partial charge on any atom is 0.196 e. The van der Waals surface area contributed by atoms with Gasteiger partial charge in [0.15, 0.2) is 5.22 Å². The third-order valence-corrected chi connectivity index (χ3v) is 2.40. The van der Waals surface area contributed by atoms with E-state index in [0.29, 0.717) is 5.22 Å². The van der Waals surface area contributed by atoms with E-state index in [1.807, 2.05) is 20.9 Å². The van der Waals surface area contributed by atoms with Crippen molar-refractivity contribution in [2.24, 2.45) is 0 Å². The third-order valence-electron chi connectivity index (χ3n) is 2.04. The molecule has 0 aliphatic rings. The zero-order valence-corrected chi connectivity index (χ0v) is 8.46. The van der Waals surface area contributed by atoms with Crippen molar-refractivity contribution in [2.75, 3.05) is 13.6 Å². The van der Waals surface area contributed by atoms with Crippen molar-refractivity contribution in [2.45, 2.75) is 20.3 Å². The lowest BCUT2D eigenvalue weighted by atomic mass is 10.1. The molecular formula is C9H14ClNO. The molecule has 3 heteroatoms. The molecule has 1 N–H and O–H groups in total. The van der Waals surface area contributed by atoms with Gasteiger partial charge in [-0.15, -0.1) is 0 Å². The predicted molar refractivity (Wildman–Crippen MR) is 50.8 cm³/mol. The average Bonchev–Trinajstić information content (AvgIpc) is 2.25. The Morgan fingerprint density at radius 3 is 2.50 bits per heavy atom. The van der Waals surface area contributed by atoms with Crippen LogP contribution in [0, 0.1) is 13.8 Å². The van der Waals surface area contributed by atoms with Crippen LogP contribution in [-0.2, 0) is 6.42 Å². The van der Waals surface area contributed by atoms with Crippen LogP contribution in [0.25, 0.3) is 0 Å². The summed E-state index contributed by atoms with van der Waals surface area (Å²) < 4.78 is 5.28. The summed E-state index contributed by atoms with van der Waals surface area (Å²) in [7, 11) is 1.94. The molecule has 0 saturated heterocycles. The number of likely N-dealkylation sites (N-methyl/N-ethyl adjacent to an activating group) is 1. The first-order valence-electron chi connectivity index (χ1n) is 4.05. The van der Waals surface area contributed by atoms with Gasteiger partial charge < -0.3 is 9.73 Å². The Morgan fingerprint density at radius 1 is 1.42 bits per heavy atom. The molecule has 0 aliphatic carbocycles. The van der Waals surface area contributed by atoms with Crippen LogP contribution in [0.2, 0.25) is 5.22 Å². The van der Waals surface area contributed by atoms with Crippen molar-refractivity contribution >= 4 is 11.6 Å². The number of halogens is 1. The van der Waals surface area contributed by atoms with Gasteiger partial charge in [-0.05, 0) is 51.0 Å². The van der Waals surface area contributed by atoms with Crippen molar-refractivity contribution in [3.63, 3.8) is 0 Å². The van der Waals surface area contributed by atoms with E-state index in [1.165, 1.54) is 5.56 Å². The lowest BCUT2D eigenvalue weighted by Gasteiger charge is -1.98. The van der Waals surface area contributed by atoms with Crippen LogP contribution in [0.15, 0.2) is 4.42 Å². The SMILES string of the molecule is CNCCc1c(C)oc(Cl)c1C. The number of nitrogens with one attached hydrogen (secondary N) is 1. The summed E-state index contributed by atoms with van der Waals surface area (Å²) in [6.45, 7) is 4.89. The van der Waals surface area contributed by atoms with E-state index < -0.39 is 0 Å². The van der Waals surface area contributed by atoms with Crippen LogP contribution in [-0.4, -0.2) is 13.6 Å². The van der Waals surface area contributed by atoms with E-state index in [-0.39, 0.29) is 0 Å². The first kappa shape index (κ1) is 9.62. The molecule has 0 aliphatic heterocycles. The normalized spacial score (nSPS) is 10.7. The Hall–Kier alpha value is -0.470. The van der Waals surface area contributed by atoms with Gasteiger partial charge in [0.2, 0.25) is 0 Å². The molecule has 0 amide bonds. The molecule has 1 aromatic heterocycles. The molecule has 1 heterocycles. The molecule has 0 saturated carbocycles. The summed E-state index contributed by atoms with van der Waals surface area (Å²) in [5.74, 6) is 0.938. The second-order valence-corrected chi connectivity index (χ2v) is 3.23. The molecule has 68 valence electrons. The van der Waals surface area contributed by atoms with Crippen molar-refractivity contribution in [1.82, 2.24) is 5.32 Å². The molecule has 12 heavy (non-hydrogen) atoms. The molecule has 0 fully saturated rings. The minimum atomic E-state index is 0.526. The quantitative estimate of drug-likeness (QED) is 0.786. The van der Waals surface area contributed by atoms with Crippen LogP contribution in [0.3, 0.4) is 0 Å². The Kier molecular flexibility index (Phi) is 3.18. The largest absolute Gasteiger partial charge is 0.449 e. The number of aryl methyl sites for hydroxylation is 1. The number of hydrogen-bond donors (Lipinski definition) is 1. The summed E-state index contributed by atoms with van der Waals surface area (Å²) >= 11 is 5.83. The first-order valence-corrected chi connectivity index (χ1v) is 4.43. The summed E-state index contributed by atoms with van der Waals surface area (Å²) in [4.78, 5) is 0. The maximum absolute atomic E-state index is 5.83. The minimum absolute atomic E-state index is 0.526. The summed E-state index contributed by atoms with van der Waals surface area (Å²) in [6, 6.07) is 0. The van der Waals surface area contributed by atoms with Crippen LogP contribution in [0.5, 0.6) is 0 Å². The van der Waals surface area contributed by atoms with Gasteiger partial charge in [-0.25, -0.2) is 0 Å². The topological polar surface area (TPSA) is 25.2 Å². The summed E-state index contributed by atoms with van der Waals surface area (Å²) in [5, 5.41) is 3.62. The molecule has 0 unspecified atom stereocenters. The van der Waals surface area contributed by atoms with Crippen LogP contribution in [0.1, 0.15) is 16.9 Å². The van der Waals surface area contributed by atoms with Gasteiger partial charge in [0.1, 0.15) is 5.76 Å². The average molecular weight is 188 g/mol. The number of rotatable bonds is 3. The van der Waals surface area contributed by atoms with Gasteiger partial charge in [-0.2, -0.15) is 0 Å². The van der Waals surface area contributed by atoms with Crippen LogP contribution in [0.4, 0.5) is 0 Å². The predicted octanol–water partition coefficient (Wildman–Crippen LogP) is 2.31. The van der Waals surface area contributed by atoms with Crippen molar-refractivity contribution < 1.29 is 4.42 Å². The fourth-order valence-electron chi connectivity index (χ4n) is 1.27. The molecule has 0 bridgehead atoms. The Balaban J connectivity index is 2.82. The first-order chi connectivity index (χ1) is 5.66. The molecule has 2 nitrogen and oxygen atoms in total. The molecule has 0 spiro atoms. The zero-order valence-electron chi connectivity index (χ0n) is 7.70. The highest BCUT2D eigenvalue weighted by molar-refractivity contribution is 6.29. The molecular weight excluding hydrogens is 174 g/mol. The zero-order chi connectivity index (χ0) is 9.14. The Bertz CT molecular complexity index is 268. The molecule has 1 rings (SSSR count). The molecule has 0 atom stereocenters. The van der Waals surface area contributed by atoms with E-state index >= 15 is 0 Å². The van der Waals surface area contributed by atoms with Crippen LogP contribution < -0.4 is 5.32 Å². The van der Waals surface area contributed by atoms with Gasteiger partial charge in [-0.1, -0.05) is 0 Å². The van der Waals surface area contributed by atoms with Gasteiger partial charge in [0.25, 0.3) is 0 Å². The second kappa shape index (κ2) is 3.97. The fourth-order valence-corrected chi connectivity index (χ4v) is 1.50. The molecule has 1 aromatic rings. The number of hydrogen-bond acceptors (Lipinski definition) is 2. The van der Waals surface area contributed by atoms with E-state index in [4.69, 9.17) is 16.0 Å². The minimum Gasteiger partial charge on any atom is -0.449 e. The van der Waals surface area contributed by atoms with Crippen molar-refractivity contribution in [1.29, 1.82) is 0 Å². The van der Waals surface area contributed by atoms with Crippen molar-refractivity contribution in [3.05, 3.63) is 22.1 Å². The van der Waals surface area contributed by atoms with Crippen molar-refractivity contribution in [3.8, 4) is 0 Å². The maximum atomic E-state index is 5.83. The highest BCUT2D eigenvalue weighted by Crippen LogP contribution is 2.25. The summed E-state index contributed by atoms with van der Waals surface area (Å²) in [5.41, 5.74) is 2.30. The van der Waals surface area contributed by atoms with Gasteiger partial charge in [-0.3, -0.25) is 0 Å². The fraction of sp³-hybridized carbons (Fsp3) is 0.556. The van der Waals surface area contributed by atoms with Gasteiger partial charge in [0, 0.05) is 5.56 Å². The lowest BCUT2D eigenvalue weighted by Crippen LogP contribution is -2.10. The molecule has 0 aromatic carbocycles. The lowest BCUT2D eigenvalue weighted by molar-refractivity contribution is 0.530. The van der Waals surface area contributed by atoms with E-state index in [9.17, 15) is 0 Å². The highest BCUT2D eigenvalue weighted by Gasteiger charge is 2.10. The van der Waals surface area contributed by atoms with E-state index in [1.54, 1.807) is 0 Å². The number of furan rings is 1. The van der Waals surface area contributed by atoms with E-state index in [2.05, 4.69) is 5.32 Å². The third kappa shape index (κ3) is 1.82. The highest BCUT2D eigenvalue weighted by atomic mass is 35.5. The second-order valence-electron chi connectivity index (χ2n) is 2.89. The van der Waals surface area contributed by atoms with Gasteiger partial charge in [0.05, 0.1) is 0 Å². The summed E-state index contributed by atoms with van der Waals surface area (Å²) in [6.07, 6.45) is 0.977. The van der Waals surface area contributed by atoms with Gasteiger partial charge >= 0.3 is 0 Å². The standard InChI is InChI=1S/C9H14ClNO/c1-6-8(4-5-11-3)7(2)12-9(6)10/h11H,4-5H2,1-3H3. The monoisotopic (exact) mass is 187 g/mol. The smallest absolute Gasteiger partial charge is 0.196 e. The Labute approximate surface area is 77.9 Å². The van der Waals surface area contributed by atoms with E-state index in [0.717, 1.165) is 24.3 Å².